The van der Waals surface area contributed by atoms with Crippen molar-refractivity contribution in [1.29, 1.82) is 0 Å². The fraction of sp³-hybridized carbons (Fsp3) is 0.900. The number of nitrogens with two attached hydrogens (primary N) is 1. The quantitative estimate of drug-likeness (QED) is 0.676. The molecule has 0 aromatic rings. The number of rotatable bonds is 5. The minimum Gasteiger partial charge on any atom is -0.355 e. The van der Waals surface area contributed by atoms with Gasteiger partial charge in [0.05, 0.1) is 0 Å². The first-order valence-electron chi connectivity index (χ1n) is 4.92. The lowest BCUT2D eigenvalue weighted by Gasteiger charge is -2.22. The first-order chi connectivity index (χ1) is 5.94. The Morgan fingerprint density at radius 3 is 2.46 bits per heavy atom. The van der Waals surface area contributed by atoms with Crippen molar-refractivity contribution in [2.45, 2.75) is 34.1 Å². The second-order valence-corrected chi connectivity index (χ2v) is 4.29. The fourth-order valence-corrected chi connectivity index (χ4v) is 0.750. The number of carbonyl (C=O) groups is 1. The van der Waals surface area contributed by atoms with Gasteiger partial charge in [-0.2, -0.15) is 0 Å². The number of hydrogen-bond acceptors (Lipinski definition) is 2. The highest BCUT2D eigenvalue weighted by Gasteiger charge is 2.24. The van der Waals surface area contributed by atoms with Gasteiger partial charge in [-0.3, -0.25) is 4.79 Å². The third-order valence-corrected chi connectivity index (χ3v) is 2.51. The second-order valence-electron chi connectivity index (χ2n) is 4.29. The monoisotopic (exact) mass is 186 g/mol. The van der Waals surface area contributed by atoms with Crippen molar-refractivity contribution in [1.82, 2.24) is 5.32 Å². The summed E-state index contributed by atoms with van der Waals surface area (Å²) in [5.74, 6) is 0.479. The Hall–Kier alpha value is -0.570. The molecule has 0 rings (SSSR count). The summed E-state index contributed by atoms with van der Waals surface area (Å²) < 4.78 is 0. The molecule has 0 saturated carbocycles. The van der Waals surface area contributed by atoms with Gasteiger partial charge in [-0.05, 0) is 18.9 Å². The topological polar surface area (TPSA) is 55.1 Å². The predicted molar refractivity (Wildman–Crippen MR) is 55.3 cm³/mol. The van der Waals surface area contributed by atoms with Crippen LogP contribution in [0.25, 0.3) is 0 Å². The van der Waals surface area contributed by atoms with Crippen LogP contribution in [0.1, 0.15) is 34.1 Å². The smallest absolute Gasteiger partial charge is 0.225 e. The summed E-state index contributed by atoms with van der Waals surface area (Å²) in [4.78, 5) is 11.6. The van der Waals surface area contributed by atoms with Gasteiger partial charge in [-0.25, -0.2) is 0 Å². The van der Waals surface area contributed by atoms with Crippen LogP contribution in [0.4, 0.5) is 0 Å². The first kappa shape index (κ1) is 12.4. The molecule has 0 spiro atoms. The highest BCUT2D eigenvalue weighted by atomic mass is 16.2. The van der Waals surface area contributed by atoms with Crippen LogP contribution in [0, 0.1) is 11.3 Å². The van der Waals surface area contributed by atoms with Crippen molar-refractivity contribution in [3.8, 4) is 0 Å². The maximum absolute atomic E-state index is 11.6. The van der Waals surface area contributed by atoms with E-state index in [1.165, 1.54) is 0 Å². The van der Waals surface area contributed by atoms with Gasteiger partial charge in [0.15, 0.2) is 0 Å². The third-order valence-electron chi connectivity index (χ3n) is 2.51. The second kappa shape index (κ2) is 5.22. The lowest BCUT2D eigenvalue weighted by atomic mass is 9.89. The van der Waals surface area contributed by atoms with E-state index in [2.05, 4.69) is 5.32 Å². The molecule has 13 heavy (non-hydrogen) atoms. The summed E-state index contributed by atoms with van der Waals surface area (Å²) in [6.07, 6.45) is 0.857. The molecule has 0 aliphatic rings. The van der Waals surface area contributed by atoms with E-state index in [0.29, 0.717) is 19.0 Å². The van der Waals surface area contributed by atoms with Crippen molar-refractivity contribution in [3.63, 3.8) is 0 Å². The molecule has 3 nitrogen and oxygen atoms in total. The number of hydrogen-bond donors (Lipinski definition) is 2. The van der Waals surface area contributed by atoms with Gasteiger partial charge in [0.2, 0.25) is 5.91 Å². The van der Waals surface area contributed by atoms with Gasteiger partial charge in [-0.15, -0.1) is 0 Å². The summed E-state index contributed by atoms with van der Waals surface area (Å²) in [7, 11) is 0. The molecule has 78 valence electrons. The Bertz CT molecular complexity index is 166. The molecular weight excluding hydrogens is 164 g/mol. The molecule has 0 aliphatic heterocycles. The Morgan fingerprint density at radius 2 is 2.08 bits per heavy atom. The molecule has 0 heterocycles. The minimum atomic E-state index is -0.256. The maximum atomic E-state index is 11.6. The predicted octanol–water partition coefficient (Wildman–Crippen LogP) is 1.13. The van der Waals surface area contributed by atoms with Crippen LogP contribution in [0.2, 0.25) is 0 Å². The van der Waals surface area contributed by atoms with E-state index in [-0.39, 0.29) is 11.3 Å². The van der Waals surface area contributed by atoms with Crippen LogP contribution in [0.5, 0.6) is 0 Å². The number of nitrogens with one attached hydrogen (secondary N) is 1. The van der Waals surface area contributed by atoms with Crippen molar-refractivity contribution in [2.75, 3.05) is 13.1 Å². The van der Waals surface area contributed by atoms with Crippen molar-refractivity contribution in [3.05, 3.63) is 0 Å². The lowest BCUT2D eigenvalue weighted by Crippen LogP contribution is -2.39. The summed E-state index contributed by atoms with van der Waals surface area (Å²) in [5, 5.41) is 2.91. The standard InChI is InChI=1S/C10H22N2O/c1-5-10(3,4)9(13)12-7-8(2)6-11/h8H,5-7,11H2,1-4H3,(H,12,13). The van der Waals surface area contributed by atoms with Crippen LogP contribution in [0.3, 0.4) is 0 Å². The zero-order valence-electron chi connectivity index (χ0n) is 9.18. The van der Waals surface area contributed by atoms with E-state index in [1.807, 2.05) is 27.7 Å². The van der Waals surface area contributed by atoms with E-state index in [1.54, 1.807) is 0 Å². The van der Waals surface area contributed by atoms with E-state index in [4.69, 9.17) is 5.73 Å². The first-order valence-corrected chi connectivity index (χ1v) is 4.92. The summed E-state index contributed by atoms with van der Waals surface area (Å²) in [5.41, 5.74) is 5.19. The average Bonchev–Trinajstić information content (AvgIpc) is 2.13. The van der Waals surface area contributed by atoms with Gasteiger partial charge < -0.3 is 11.1 Å². The van der Waals surface area contributed by atoms with Crippen molar-refractivity contribution in [2.24, 2.45) is 17.1 Å². The van der Waals surface area contributed by atoms with E-state index in [9.17, 15) is 4.79 Å². The maximum Gasteiger partial charge on any atom is 0.225 e. The Kier molecular flexibility index (Phi) is 4.99. The Balaban J connectivity index is 3.88. The zero-order valence-corrected chi connectivity index (χ0v) is 9.18. The fourth-order valence-electron chi connectivity index (χ4n) is 0.750. The molecule has 0 saturated heterocycles. The molecule has 0 aromatic carbocycles. The SMILES string of the molecule is CCC(C)(C)C(=O)NCC(C)CN. The van der Waals surface area contributed by atoms with E-state index in [0.717, 1.165) is 6.42 Å². The van der Waals surface area contributed by atoms with Gasteiger partial charge in [-0.1, -0.05) is 27.7 Å². The molecular formula is C10H22N2O. The molecule has 0 aromatic heterocycles. The zero-order chi connectivity index (χ0) is 10.5. The molecule has 0 bridgehead atoms. The van der Waals surface area contributed by atoms with Crippen LogP contribution >= 0.6 is 0 Å². The van der Waals surface area contributed by atoms with Crippen LogP contribution in [0.15, 0.2) is 0 Å². The van der Waals surface area contributed by atoms with Gasteiger partial charge in [0.25, 0.3) is 0 Å². The van der Waals surface area contributed by atoms with Gasteiger partial charge in [0.1, 0.15) is 0 Å². The van der Waals surface area contributed by atoms with E-state index < -0.39 is 0 Å². The summed E-state index contributed by atoms with van der Waals surface area (Å²) >= 11 is 0. The molecule has 0 fully saturated rings. The largest absolute Gasteiger partial charge is 0.355 e. The molecule has 0 aliphatic carbocycles. The highest BCUT2D eigenvalue weighted by molar-refractivity contribution is 5.81. The lowest BCUT2D eigenvalue weighted by molar-refractivity contribution is -0.129. The molecule has 0 radical (unpaired) electrons. The molecule has 3 N–H and O–H groups in total. The van der Waals surface area contributed by atoms with Crippen LogP contribution in [-0.4, -0.2) is 19.0 Å². The number of carbonyl (C=O) groups excluding carboxylic acids is 1. The van der Waals surface area contributed by atoms with Gasteiger partial charge >= 0.3 is 0 Å². The summed E-state index contributed by atoms with van der Waals surface area (Å²) in [6.45, 7) is 9.25. The summed E-state index contributed by atoms with van der Waals surface area (Å²) in [6, 6.07) is 0. The highest BCUT2D eigenvalue weighted by Crippen LogP contribution is 2.19. The minimum absolute atomic E-state index is 0.121. The van der Waals surface area contributed by atoms with E-state index >= 15 is 0 Å². The Morgan fingerprint density at radius 1 is 1.54 bits per heavy atom. The number of amides is 1. The van der Waals surface area contributed by atoms with Crippen LogP contribution in [-0.2, 0) is 4.79 Å². The van der Waals surface area contributed by atoms with Crippen LogP contribution < -0.4 is 11.1 Å². The Labute approximate surface area is 81.1 Å². The average molecular weight is 186 g/mol. The molecule has 1 amide bonds. The van der Waals surface area contributed by atoms with Gasteiger partial charge in [0, 0.05) is 12.0 Å². The molecule has 1 atom stereocenters. The van der Waals surface area contributed by atoms with Crippen molar-refractivity contribution < 1.29 is 4.79 Å². The molecule has 1 unspecified atom stereocenters. The normalized spacial score (nSPS) is 13.9. The van der Waals surface area contributed by atoms with Crippen molar-refractivity contribution >= 4 is 5.91 Å². The third kappa shape index (κ3) is 4.27. The molecule has 3 heteroatoms.